The number of carbonyl (C=O) groups is 1. The fraction of sp³-hybridized carbons (Fsp3) is 0.412. The molecule has 4 nitrogen and oxygen atoms in total. The lowest BCUT2D eigenvalue weighted by Gasteiger charge is -2.17. The second-order valence-corrected chi connectivity index (χ2v) is 7.07. The quantitative estimate of drug-likeness (QED) is 0.803. The molecule has 1 unspecified atom stereocenters. The molecule has 1 amide bonds. The van der Waals surface area contributed by atoms with Crippen LogP contribution in [0.15, 0.2) is 29.6 Å². The fourth-order valence-electron chi connectivity index (χ4n) is 2.32. The zero-order valence-electron chi connectivity index (χ0n) is 13.7. The monoisotopic (exact) mass is 352 g/mol. The minimum atomic E-state index is 0.0819. The van der Waals surface area contributed by atoms with Crippen LogP contribution < -0.4 is 10.2 Å². The molecule has 1 heterocycles. The number of nitrogens with zero attached hydrogens (tertiary/aromatic N) is 1. The molecule has 2 aromatic rings. The number of rotatable bonds is 7. The molecule has 1 aromatic heterocycles. The van der Waals surface area contributed by atoms with Crippen molar-refractivity contribution in [2.24, 2.45) is 0 Å². The van der Waals surface area contributed by atoms with Crippen molar-refractivity contribution in [2.45, 2.75) is 33.4 Å². The zero-order valence-corrected chi connectivity index (χ0v) is 15.3. The van der Waals surface area contributed by atoms with Gasteiger partial charge >= 0.3 is 0 Å². The SMILES string of the molecule is CC[NH+](CC(=O)NC(C)C)Cc1csc(-c2ccccc2Cl)n1. The lowest BCUT2D eigenvalue weighted by atomic mass is 10.2. The summed E-state index contributed by atoms with van der Waals surface area (Å²) in [6.07, 6.45) is 0. The summed E-state index contributed by atoms with van der Waals surface area (Å²) in [6, 6.07) is 7.90. The molecule has 124 valence electrons. The minimum Gasteiger partial charge on any atom is -0.349 e. The second kappa shape index (κ2) is 8.43. The first-order valence-corrected chi connectivity index (χ1v) is 9.07. The van der Waals surface area contributed by atoms with Gasteiger partial charge < -0.3 is 10.2 Å². The standard InChI is InChI=1S/C17H22ClN3OS/c1-4-21(10-16(22)19-12(2)3)9-13-11-23-17(20-13)14-7-5-6-8-15(14)18/h5-8,11-12H,4,9-10H2,1-3H3,(H,19,22)/p+1. The van der Waals surface area contributed by atoms with E-state index in [1.54, 1.807) is 11.3 Å². The third kappa shape index (κ3) is 5.30. The van der Waals surface area contributed by atoms with Gasteiger partial charge in [0.05, 0.1) is 11.6 Å². The third-order valence-corrected chi connectivity index (χ3v) is 4.70. The average Bonchev–Trinajstić information content (AvgIpc) is 2.94. The average molecular weight is 353 g/mol. The van der Waals surface area contributed by atoms with E-state index < -0.39 is 0 Å². The van der Waals surface area contributed by atoms with E-state index in [4.69, 9.17) is 11.6 Å². The van der Waals surface area contributed by atoms with Crippen molar-refractivity contribution in [2.75, 3.05) is 13.1 Å². The van der Waals surface area contributed by atoms with Gasteiger partial charge in [0.25, 0.3) is 5.91 Å². The molecule has 0 aliphatic rings. The second-order valence-electron chi connectivity index (χ2n) is 5.80. The van der Waals surface area contributed by atoms with E-state index in [0.29, 0.717) is 11.6 Å². The van der Waals surface area contributed by atoms with Crippen LogP contribution in [0.5, 0.6) is 0 Å². The topological polar surface area (TPSA) is 46.4 Å². The molecular weight excluding hydrogens is 330 g/mol. The summed E-state index contributed by atoms with van der Waals surface area (Å²) in [7, 11) is 0. The molecule has 1 aromatic carbocycles. The first kappa shape index (κ1) is 17.9. The van der Waals surface area contributed by atoms with Gasteiger partial charge in [-0.1, -0.05) is 29.8 Å². The van der Waals surface area contributed by atoms with Gasteiger partial charge in [-0.25, -0.2) is 4.98 Å². The van der Waals surface area contributed by atoms with Gasteiger partial charge in [-0.3, -0.25) is 4.79 Å². The van der Waals surface area contributed by atoms with Crippen molar-refractivity contribution >= 4 is 28.8 Å². The van der Waals surface area contributed by atoms with Gasteiger partial charge in [-0.15, -0.1) is 11.3 Å². The van der Waals surface area contributed by atoms with Gasteiger partial charge in [0, 0.05) is 17.0 Å². The lowest BCUT2D eigenvalue weighted by Crippen LogP contribution is -3.11. The Hall–Kier alpha value is -1.43. The molecule has 0 bridgehead atoms. The predicted molar refractivity (Wildman–Crippen MR) is 95.9 cm³/mol. The highest BCUT2D eigenvalue weighted by Crippen LogP contribution is 2.29. The molecule has 1 atom stereocenters. The van der Waals surface area contributed by atoms with Crippen LogP contribution in [0.2, 0.25) is 5.02 Å². The zero-order chi connectivity index (χ0) is 16.8. The Morgan fingerprint density at radius 3 is 2.78 bits per heavy atom. The molecule has 0 radical (unpaired) electrons. The molecule has 0 aliphatic carbocycles. The molecule has 0 spiro atoms. The summed E-state index contributed by atoms with van der Waals surface area (Å²) < 4.78 is 0. The van der Waals surface area contributed by atoms with Gasteiger partial charge in [0.2, 0.25) is 0 Å². The van der Waals surface area contributed by atoms with E-state index in [1.165, 1.54) is 4.90 Å². The first-order chi connectivity index (χ1) is 11.0. The van der Waals surface area contributed by atoms with E-state index in [2.05, 4.69) is 22.6 Å². The van der Waals surface area contributed by atoms with Crippen LogP contribution in [0.1, 0.15) is 26.5 Å². The number of hydrogen-bond donors (Lipinski definition) is 2. The number of likely N-dealkylation sites (N-methyl/N-ethyl adjacent to an activating group) is 1. The molecule has 6 heteroatoms. The number of carbonyl (C=O) groups excluding carboxylic acids is 1. The van der Waals surface area contributed by atoms with Crippen molar-refractivity contribution in [1.82, 2.24) is 10.3 Å². The van der Waals surface area contributed by atoms with Crippen LogP contribution in [0.25, 0.3) is 10.6 Å². The highest BCUT2D eigenvalue weighted by Gasteiger charge is 2.16. The minimum absolute atomic E-state index is 0.0819. The molecule has 23 heavy (non-hydrogen) atoms. The maximum atomic E-state index is 11.9. The summed E-state index contributed by atoms with van der Waals surface area (Å²) in [4.78, 5) is 17.8. The van der Waals surface area contributed by atoms with Crippen LogP contribution in [-0.4, -0.2) is 30.0 Å². The largest absolute Gasteiger partial charge is 0.349 e. The molecule has 0 saturated heterocycles. The number of quaternary nitrogens is 1. The predicted octanol–water partition coefficient (Wildman–Crippen LogP) is 2.39. The fourth-order valence-corrected chi connectivity index (χ4v) is 3.46. The maximum Gasteiger partial charge on any atom is 0.275 e. The van der Waals surface area contributed by atoms with Crippen molar-refractivity contribution in [3.8, 4) is 10.6 Å². The van der Waals surface area contributed by atoms with E-state index >= 15 is 0 Å². The number of thiazole rings is 1. The number of nitrogens with one attached hydrogen (secondary N) is 2. The Labute approximate surface area is 146 Å². The molecule has 2 N–H and O–H groups in total. The van der Waals surface area contributed by atoms with Crippen LogP contribution in [0, 0.1) is 0 Å². The van der Waals surface area contributed by atoms with Crippen LogP contribution >= 0.6 is 22.9 Å². The Morgan fingerprint density at radius 2 is 2.13 bits per heavy atom. The number of benzene rings is 1. The smallest absolute Gasteiger partial charge is 0.275 e. The summed E-state index contributed by atoms with van der Waals surface area (Å²) in [6.45, 7) is 8.11. The van der Waals surface area contributed by atoms with Crippen molar-refractivity contribution in [3.05, 3.63) is 40.4 Å². The van der Waals surface area contributed by atoms with E-state index in [1.807, 2.05) is 38.1 Å². The Balaban J connectivity index is 2.02. The van der Waals surface area contributed by atoms with Gasteiger partial charge in [-0.2, -0.15) is 0 Å². The first-order valence-electron chi connectivity index (χ1n) is 7.81. The van der Waals surface area contributed by atoms with Gasteiger partial charge in [0.1, 0.15) is 17.2 Å². The lowest BCUT2D eigenvalue weighted by molar-refractivity contribution is -0.904. The summed E-state index contributed by atoms with van der Waals surface area (Å²) in [5, 5.41) is 6.62. The highest BCUT2D eigenvalue weighted by atomic mass is 35.5. The Kier molecular flexibility index (Phi) is 6.57. The summed E-state index contributed by atoms with van der Waals surface area (Å²) >= 11 is 7.82. The van der Waals surface area contributed by atoms with Crippen molar-refractivity contribution in [3.63, 3.8) is 0 Å². The molecule has 0 saturated carbocycles. The summed E-state index contributed by atoms with van der Waals surface area (Å²) in [5.41, 5.74) is 1.96. The van der Waals surface area contributed by atoms with Gasteiger partial charge in [0.15, 0.2) is 6.54 Å². The normalized spacial score (nSPS) is 12.4. The Bertz CT molecular complexity index is 657. The van der Waals surface area contributed by atoms with E-state index in [-0.39, 0.29) is 11.9 Å². The number of amides is 1. The van der Waals surface area contributed by atoms with Crippen molar-refractivity contribution in [1.29, 1.82) is 0 Å². The van der Waals surface area contributed by atoms with E-state index in [0.717, 1.165) is 29.4 Å². The number of hydrogen-bond acceptors (Lipinski definition) is 3. The molecule has 2 rings (SSSR count). The summed E-state index contributed by atoms with van der Waals surface area (Å²) in [5.74, 6) is 0.0819. The molecular formula is C17H23ClN3OS+. The van der Waals surface area contributed by atoms with E-state index in [9.17, 15) is 4.79 Å². The maximum absolute atomic E-state index is 11.9. The van der Waals surface area contributed by atoms with Crippen LogP contribution in [-0.2, 0) is 11.3 Å². The van der Waals surface area contributed by atoms with Crippen LogP contribution in [0.4, 0.5) is 0 Å². The molecule has 0 aliphatic heterocycles. The third-order valence-electron chi connectivity index (χ3n) is 3.45. The number of halogens is 1. The number of aromatic nitrogens is 1. The van der Waals surface area contributed by atoms with Crippen molar-refractivity contribution < 1.29 is 9.69 Å². The highest BCUT2D eigenvalue weighted by molar-refractivity contribution is 7.13. The van der Waals surface area contributed by atoms with Crippen LogP contribution in [0.3, 0.4) is 0 Å². The molecule has 0 fully saturated rings. The Morgan fingerprint density at radius 1 is 1.39 bits per heavy atom. The van der Waals surface area contributed by atoms with Gasteiger partial charge in [-0.05, 0) is 26.8 Å².